The van der Waals surface area contributed by atoms with Gasteiger partial charge in [-0.1, -0.05) is 50.8 Å². The van der Waals surface area contributed by atoms with E-state index in [1.807, 2.05) is 18.2 Å². The number of aromatic nitrogens is 1. The number of carbonyl (C=O) groups excluding carboxylic acids is 1. The fourth-order valence-electron chi connectivity index (χ4n) is 4.50. The third-order valence-electron chi connectivity index (χ3n) is 5.92. The molecule has 0 bridgehead atoms. The summed E-state index contributed by atoms with van der Waals surface area (Å²) in [6.45, 7) is 2.28. The smallest absolute Gasteiger partial charge is 0.252 e. The van der Waals surface area contributed by atoms with Crippen LogP contribution in [0.5, 0.6) is 0 Å². The van der Waals surface area contributed by atoms with Crippen molar-refractivity contribution < 1.29 is 4.79 Å². The van der Waals surface area contributed by atoms with Gasteiger partial charge < -0.3 is 5.32 Å². The molecule has 1 saturated carbocycles. The number of hydrogen-bond acceptors (Lipinski definition) is 2. The number of aryl methyl sites for hydroxylation is 1. The van der Waals surface area contributed by atoms with Gasteiger partial charge in [0.05, 0.1) is 11.1 Å². The lowest BCUT2D eigenvalue weighted by Crippen LogP contribution is -2.35. The minimum atomic E-state index is 0.121. The molecule has 0 radical (unpaired) electrons. The number of nitrogens with zero attached hydrogens (tertiary/aromatic N) is 1. The maximum atomic E-state index is 13.3. The Morgan fingerprint density at radius 2 is 1.84 bits per heavy atom. The van der Waals surface area contributed by atoms with Gasteiger partial charge in [-0.25, -0.2) is 0 Å². The van der Waals surface area contributed by atoms with Crippen LogP contribution in [0.4, 0.5) is 0 Å². The van der Waals surface area contributed by atoms with Crippen LogP contribution in [0.2, 0.25) is 0 Å². The maximum absolute atomic E-state index is 13.3. The van der Waals surface area contributed by atoms with Crippen molar-refractivity contribution >= 4 is 16.8 Å². The molecule has 1 amide bonds. The van der Waals surface area contributed by atoms with Gasteiger partial charge in [0.1, 0.15) is 0 Å². The standard InChI is InChI=1S/C22H28N2O/c1-15-12-13-20-18(14-15)21(17-10-6-7-11-19(17)24-20)22(25)23-16-8-4-2-3-5-9-16/h6-7,10-11,15-16H,2-5,8-9,12-14H2,1H3,(H,23,25)/t15-/m0/s1. The number of amides is 1. The molecule has 0 saturated heterocycles. The molecule has 2 aliphatic rings. The summed E-state index contributed by atoms with van der Waals surface area (Å²) in [6, 6.07) is 8.46. The fourth-order valence-corrected chi connectivity index (χ4v) is 4.50. The van der Waals surface area contributed by atoms with E-state index >= 15 is 0 Å². The van der Waals surface area contributed by atoms with Crippen LogP contribution in [0.1, 0.15) is 73.5 Å². The Hall–Kier alpha value is -1.90. The van der Waals surface area contributed by atoms with Crippen LogP contribution >= 0.6 is 0 Å². The first-order valence-corrected chi connectivity index (χ1v) is 9.93. The Morgan fingerprint density at radius 1 is 1.08 bits per heavy atom. The SMILES string of the molecule is C[C@H]1CCc2nc3ccccc3c(C(=O)NC3CCCCCC3)c2C1. The summed E-state index contributed by atoms with van der Waals surface area (Å²) in [4.78, 5) is 18.2. The molecule has 1 N–H and O–H groups in total. The summed E-state index contributed by atoms with van der Waals surface area (Å²) in [6.07, 6.45) is 10.4. The molecule has 1 aromatic carbocycles. The first kappa shape index (κ1) is 16.6. The third kappa shape index (κ3) is 3.42. The molecule has 0 unspecified atom stereocenters. The molecule has 1 heterocycles. The molecule has 2 aromatic rings. The van der Waals surface area contributed by atoms with Crippen LogP contribution < -0.4 is 5.32 Å². The lowest BCUT2D eigenvalue weighted by molar-refractivity contribution is 0.0933. The second-order valence-electron chi connectivity index (χ2n) is 7.94. The lowest BCUT2D eigenvalue weighted by Gasteiger charge is -2.25. The van der Waals surface area contributed by atoms with Gasteiger partial charge in [0.15, 0.2) is 0 Å². The average Bonchev–Trinajstić information content (AvgIpc) is 2.88. The zero-order valence-corrected chi connectivity index (χ0v) is 15.2. The van der Waals surface area contributed by atoms with Gasteiger partial charge in [-0.2, -0.15) is 0 Å². The van der Waals surface area contributed by atoms with E-state index in [0.29, 0.717) is 12.0 Å². The van der Waals surface area contributed by atoms with Gasteiger partial charge in [-0.05, 0) is 49.7 Å². The quantitative estimate of drug-likeness (QED) is 0.800. The van der Waals surface area contributed by atoms with Crippen molar-refractivity contribution in [2.24, 2.45) is 5.92 Å². The monoisotopic (exact) mass is 336 g/mol. The molecule has 132 valence electrons. The topological polar surface area (TPSA) is 42.0 Å². The van der Waals surface area contributed by atoms with E-state index in [-0.39, 0.29) is 5.91 Å². The van der Waals surface area contributed by atoms with Crippen molar-refractivity contribution in [1.82, 2.24) is 10.3 Å². The number of hydrogen-bond donors (Lipinski definition) is 1. The van der Waals surface area contributed by atoms with E-state index in [1.54, 1.807) is 0 Å². The number of carbonyl (C=O) groups is 1. The zero-order chi connectivity index (χ0) is 17.2. The van der Waals surface area contributed by atoms with E-state index < -0.39 is 0 Å². The molecule has 1 fully saturated rings. The Bertz CT molecular complexity index is 775. The summed E-state index contributed by atoms with van der Waals surface area (Å²) in [5.41, 5.74) is 4.20. The van der Waals surface area contributed by atoms with Crippen LogP contribution in [0.25, 0.3) is 10.9 Å². The molecule has 0 aliphatic heterocycles. The molecule has 25 heavy (non-hydrogen) atoms. The van der Waals surface area contributed by atoms with Crippen LogP contribution in [0.15, 0.2) is 24.3 Å². The molecule has 1 atom stereocenters. The maximum Gasteiger partial charge on any atom is 0.252 e. The molecular weight excluding hydrogens is 308 g/mol. The third-order valence-corrected chi connectivity index (χ3v) is 5.92. The fraction of sp³-hybridized carbons (Fsp3) is 0.545. The lowest BCUT2D eigenvalue weighted by atomic mass is 9.84. The van der Waals surface area contributed by atoms with Gasteiger partial charge in [0.25, 0.3) is 5.91 Å². The zero-order valence-electron chi connectivity index (χ0n) is 15.2. The largest absolute Gasteiger partial charge is 0.349 e. The van der Waals surface area contributed by atoms with Crippen LogP contribution in [-0.4, -0.2) is 16.9 Å². The Morgan fingerprint density at radius 3 is 2.64 bits per heavy atom. The number of pyridine rings is 1. The number of nitrogens with one attached hydrogen (secondary N) is 1. The highest BCUT2D eigenvalue weighted by molar-refractivity contribution is 6.07. The highest BCUT2D eigenvalue weighted by atomic mass is 16.1. The predicted molar refractivity (Wildman–Crippen MR) is 102 cm³/mol. The van der Waals surface area contributed by atoms with Crippen molar-refractivity contribution in [3.63, 3.8) is 0 Å². The number of fused-ring (bicyclic) bond motifs is 2. The van der Waals surface area contributed by atoms with Crippen molar-refractivity contribution in [1.29, 1.82) is 0 Å². The second-order valence-corrected chi connectivity index (χ2v) is 7.94. The van der Waals surface area contributed by atoms with Gasteiger partial charge in [0.2, 0.25) is 0 Å². The Balaban J connectivity index is 1.73. The molecular formula is C22H28N2O. The molecule has 2 aliphatic carbocycles. The minimum absolute atomic E-state index is 0.121. The summed E-state index contributed by atoms with van der Waals surface area (Å²) in [5.74, 6) is 0.746. The predicted octanol–water partition coefficient (Wildman–Crippen LogP) is 4.81. The molecule has 3 heteroatoms. The summed E-state index contributed by atoms with van der Waals surface area (Å²) >= 11 is 0. The first-order valence-electron chi connectivity index (χ1n) is 9.93. The summed E-state index contributed by atoms with van der Waals surface area (Å²) in [7, 11) is 0. The van der Waals surface area contributed by atoms with E-state index in [9.17, 15) is 4.79 Å². The van der Waals surface area contributed by atoms with Crippen molar-refractivity contribution in [2.45, 2.75) is 70.8 Å². The Labute approximate surface area is 150 Å². The van der Waals surface area contributed by atoms with E-state index in [1.165, 1.54) is 37.7 Å². The molecule has 3 nitrogen and oxygen atoms in total. The van der Waals surface area contributed by atoms with E-state index in [0.717, 1.165) is 47.8 Å². The number of benzene rings is 1. The highest BCUT2D eigenvalue weighted by Gasteiger charge is 2.26. The Kier molecular flexibility index (Phi) is 4.74. The molecule has 4 rings (SSSR count). The number of rotatable bonds is 2. The molecule has 0 spiro atoms. The van der Waals surface area contributed by atoms with Crippen LogP contribution in [0.3, 0.4) is 0 Å². The summed E-state index contributed by atoms with van der Waals surface area (Å²) < 4.78 is 0. The van der Waals surface area contributed by atoms with Gasteiger partial charge >= 0.3 is 0 Å². The first-order chi connectivity index (χ1) is 12.2. The van der Waals surface area contributed by atoms with Crippen LogP contribution in [0, 0.1) is 5.92 Å². The average molecular weight is 336 g/mol. The van der Waals surface area contributed by atoms with Crippen molar-refractivity contribution in [3.05, 3.63) is 41.1 Å². The van der Waals surface area contributed by atoms with Gasteiger partial charge in [-0.15, -0.1) is 0 Å². The van der Waals surface area contributed by atoms with Crippen molar-refractivity contribution in [3.8, 4) is 0 Å². The highest BCUT2D eigenvalue weighted by Crippen LogP contribution is 2.31. The van der Waals surface area contributed by atoms with Crippen LogP contribution in [-0.2, 0) is 12.8 Å². The van der Waals surface area contributed by atoms with Crippen molar-refractivity contribution in [2.75, 3.05) is 0 Å². The summed E-state index contributed by atoms with van der Waals surface area (Å²) in [5, 5.41) is 4.38. The van der Waals surface area contributed by atoms with E-state index in [2.05, 4.69) is 18.3 Å². The van der Waals surface area contributed by atoms with Gasteiger partial charge in [-0.3, -0.25) is 9.78 Å². The minimum Gasteiger partial charge on any atom is -0.349 e. The second kappa shape index (κ2) is 7.15. The molecule has 1 aromatic heterocycles. The normalized spacial score (nSPS) is 21.6. The van der Waals surface area contributed by atoms with Gasteiger partial charge in [0, 0.05) is 17.1 Å². The number of para-hydroxylation sites is 1. The van der Waals surface area contributed by atoms with E-state index in [4.69, 9.17) is 4.98 Å².